The molecule has 1 fully saturated rings. The first-order valence-electron chi connectivity index (χ1n) is 11.5. The Morgan fingerprint density at radius 3 is 2.47 bits per heavy atom. The van der Waals surface area contributed by atoms with E-state index in [1.54, 1.807) is 18.2 Å². The predicted octanol–water partition coefficient (Wildman–Crippen LogP) is 4.05. The van der Waals surface area contributed by atoms with Gasteiger partial charge in [0, 0.05) is 30.1 Å². The number of nitrogens with two attached hydrogens (primary N) is 1. The van der Waals surface area contributed by atoms with E-state index in [-0.39, 0.29) is 17.4 Å². The number of carboxylic acid groups (broad SMARTS) is 1. The van der Waals surface area contributed by atoms with Crippen LogP contribution in [-0.4, -0.2) is 53.8 Å². The monoisotopic (exact) mass is 509 g/mol. The molecule has 0 saturated carbocycles. The summed E-state index contributed by atoms with van der Waals surface area (Å²) < 4.78 is 5.38. The number of phenolic OH excluding ortho intramolecular Hbond substituents is 1. The lowest BCUT2D eigenvalue weighted by Gasteiger charge is -2.26. The minimum absolute atomic E-state index is 0.102. The van der Waals surface area contributed by atoms with Gasteiger partial charge < -0.3 is 20.3 Å². The lowest BCUT2D eigenvalue weighted by atomic mass is 10.0. The van der Waals surface area contributed by atoms with Crippen LogP contribution in [0.4, 0.5) is 0 Å². The van der Waals surface area contributed by atoms with Gasteiger partial charge in [-0.2, -0.15) is 0 Å². The standard InChI is InChI=1S/C17H20N2O2S.C10H11NO3/c18-22-15-4-5-16(17(20)11-15)14-3-1-2-13(10-14)12-19-6-8-21-9-7-19;1-7(11-6-12)8-2-4-9(5-3-8)10(13)14/h1-5,10-11,20H,6-9,12,18H2;2-7H,1H3,(H,11,12)(H,13,14). The highest BCUT2D eigenvalue weighted by molar-refractivity contribution is 7.97. The van der Waals surface area contributed by atoms with E-state index in [0.29, 0.717) is 6.41 Å². The van der Waals surface area contributed by atoms with Crippen molar-refractivity contribution in [2.24, 2.45) is 5.14 Å². The molecule has 1 saturated heterocycles. The van der Waals surface area contributed by atoms with Gasteiger partial charge in [0.15, 0.2) is 0 Å². The Bertz CT molecular complexity index is 1150. The summed E-state index contributed by atoms with van der Waals surface area (Å²) in [7, 11) is 0. The topological polar surface area (TPSA) is 125 Å². The van der Waals surface area contributed by atoms with E-state index >= 15 is 0 Å². The van der Waals surface area contributed by atoms with Crippen molar-refractivity contribution < 1.29 is 24.5 Å². The van der Waals surface area contributed by atoms with Crippen LogP contribution in [0.1, 0.15) is 34.5 Å². The van der Waals surface area contributed by atoms with Crippen LogP contribution in [0.5, 0.6) is 5.75 Å². The number of hydrogen-bond acceptors (Lipinski definition) is 7. The summed E-state index contributed by atoms with van der Waals surface area (Å²) in [5, 5.41) is 26.9. The fourth-order valence-electron chi connectivity index (χ4n) is 3.80. The Morgan fingerprint density at radius 1 is 1.14 bits per heavy atom. The fourth-order valence-corrected chi connectivity index (χ4v) is 4.12. The third-order valence-corrected chi connectivity index (χ3v) is 6.35. The number of carboxylic acids is 1. The van der Waals surface area contributed by atoms with E-state index < -0.39 is 5.97 Å². The molecular formula is C27H31N3O5S. The lowest BCUT2D eigenvalue weighted by molar-refractivity contribution is -0.110. The van der Waals surface area contributed by atoms with Crippen molar-refractivity contribution in [3.8, 4) is 16.9 Å². The van der Waals surface area contributed by atoms with Gasteiger partial charge in [-0.3, -0.25) is 14.8 Å². The van der Waals surface area contributed by atoms with E-state index in [9.17, 15) is 14.7 Å². The van der Waals surface area contributed by atoms with Crippen LogP contribution in [0, 0.1) is 0 Å². The zero-order chi connectivity index (χ0) is 25.9. The van der Waals surface area contributed by atoms with E-state index in [4.69, 9.17) is 15.0 Å². The summed E-state index contributed by atoms with van der Waals surface area (Å²) in [6.45, 7) is 6.28. The van der Waals surface area contributed by atoms with Gasteiger partial charge in [-0.1, -0.05) is 30.3 Å². The summed E-state index contributed by atoms with van der Waals surface area (Å²) in [4.78, 5) is 23.9. The zero-order valence-corrected chi connectivity index (χ0v) is 20.9. The first-order chi connectivity index (χ1) is 17.4. The van der Waals surface area contributed by atoms with Crippen LogP contribution in [0.25, 0.3) is 11.1 Å². The second-order valence-electron chi connectivity index (χ2n) is 8.32. The van der Waals surface area contributed by atoms with Crippen molar-refractivity contribution in [2.45, 2.75) is 24.4 Å². The molecule has 190 valence electrons. The average Bonchev–Trinajstić information content (AvgIpc) is 2.90. The molecule has 1 atom stereocenters. The molecule has 0 radical (unpaired) electrons. The van der Waals surface area contributed by atoms with E-state index in [1.807, 2.05) is 31.2 Å². The first-order valence-corrected chi connectivity index (χ1v) is 12.4. The molecule has 1 unspecified atom stereocenters. The number of rotatable bonds is 8. The summed E-state index contributed by atoms with van der Waals surface area (Å²) in [5.74, 6) is -0.688. The van der Waals surface area contributed by atoms with Gasteiger partial charge in [-0.05, 0) is 72.0 Å². The van der Waals surface area contributed by atoms with Crippen molar-refractivity contribution in [2.75, 3.05) is 26.3 Å². The molecule has 0 aromatic heterocycles. The minimum atomic E-state index is -0.951. The molecule has 4 rings (SSSR count). The van der Waals surface area contributed by atoms with Crippen LogP contribution in [-0.2, 0) is 16.1 Å². The van der Waals surface area contributed by atoms with Crippen molar-refractivity contribution in [3.63, 3.8) is 0 Å². The molecule has 1 amide bonds. The van der Waals surface area contributed by atoms with Crippen molar-refractivity contribution in [1.29, 1.82) is 0 Å². The van der Waals surface area contributed by atoms with Gasteiger partial charge in [0.05, 0.1) is 24.8 Å². The number of carbonyl (C=O) groups excluding carboxylic acids is 1. The highest BCUT2D eigenvalue weighted by Gasteiger charge is 2.12. The maximum absolute atomic E-state index is 10.5. The number of hydrogen-bond donors (Lipinski definition) is 4. The number of ether oxygens (including phenoxy) is 1. The zero-order valence-electron chi connectivity index (χ0n) is 20.1. The molecule has 1 aliphatic rings. The lowest BCUT2D eigenvalue weighted by Crippen LogP contribution is -2.35. The number of morpholine rings is 1. The molecule has 3 aromatic rings. The SMILES string of the molecule is CC(NC=O)c1ccc(C(=O)O)cc1.NSc1ccc(-c2cccc(CN3CCOCC3)c2)c(O)c1. The van der Waals surface area contributed by atoms with E-state index in [2.05, 4.69) is 22.3 Å². The molecule has 0 spiro atoms. The highest BCUT2D eigenvalue weighted by Crippen LogP contribution is 2.32. The van der Waals surface area contributed by atoms with Crippen LogP contribution in [0.2, 0.25) is 0 Å². The minimum Gasteiger partial charge on any atom is -0.507 e. The average molecular weight is 510 g/mol. The second-order valence-corrected chi connectivity index (χ2v) is 9.03. The van der Waals surface area contributed by atoms with E-state index in [0.717, 1.165) is 66.4 Å². The number of amides is 1. The van der Waals surface area contributed by atoms with Crippen molar-refractivity contribution in [1.82, 2.24) is 10.2 Å². The molecule has 36 heavy (non-hydrogen) atoms. The van der Waals surface area contributed by atoms with Gasteiger partial charge in [0.25, 0.3) is 0 Å². The van der Waals surface area contributed by atoms with Gasteiger partial charge in [0.1, 0.15) is 5.75 Å². The molecule has 3 aromatic carbocycles. The molecule has 8 nitrogen and oxygen atoms in total. The Hall–Kier alpha value is -3.37. The smallest absolute Gasteiger partial charge is 0.335 e. The third kappa shape index (κ3) is 7.82. The number of nitrogens with zero attached hydrogens (tertiary/aromatic N) is 1. The Balaban J connectivity index is 0.000000223. The number of phenols is 1. The Labute approximate surface area is 215 Å². The normalized spacial score (nSPS) is 14.3. The summed E-state index contributed by atoms with van der Waals surface area (Å²) in [5.41, 5.74) is 4.23. The fraction of sp³-hybridized carbons (Fsp3) is 0.259. The predicted molar refractivity (Wildman–Crippen MR) is 141 cm³/mol. The molecule has 1 heterocycles. The number of aromatic carboxylic acids is 1. The van der Waals surface area contributed by atoms with Gasteiger partial charge in [-0.15, -0.1) is 0 Å². The molecule has 1 aliphatic heterocycles. The van der Waals surface area contributed by atoms with Crippen molar-refractivity contribution >= 4 is 24.3 Å². The van der Waals surface area contributed by atoms with E-state index in [1.165, 1.54) is 17.7 Å². The quantitative estimate of drug-likeness (QED) is 0.265. The number of benzene rings is 3. The maximum Gasteiger partial charge on any atom is 0.335 e. The molecule has 9 heteroatoms. The Kier molecular flexibility index (Phi) is 10.3. The summed E-state index contributed by atoms with van der Waals surface area (Å²) in [6.07, 6.45) is 0.621. The second kappa shape index (κ2) is 13.6. The first kappa shape index (κ1) is 27.2. The van der Waals surface area contributed by atoms with Crippen molar-refractivity contribution in [3.05, 3.63) is 83.4 Å². The summed E-state index contributed by atoms with van der Waals surface area (Å²) in [6, 6.07) is 20.2. The summed E-state index contributed by atoms with van der Waals surface area (Å²) >= 11 is 1.13. The molecule has 5 N–H and O–H groups in total. The van der Waals surface area contributed by atoms with Gasteiger partial charge >= 0.3 is 5.97 Å². The van der Waals surface area contributed by atoms with Crippen LogP contribution in [0.15, 0.2) is 71.6 Å². The molecular weight excluding hydrogens is 478 g/mol. The van der Waals surface area contributed by atoms with Crippen LogP contribution in [0.3, 0.4) is 0 Å². The number of nitrogens with one attached hydrogen (secondary N) is 1. The van der Waals surface area contributed by atoms with Crippen LogP contribution < -0.4 is 10.5 Å². The molecule has 0 bridgehead atoms. The largest absolute Gasteiger partial charge is 0.507 e. The van der Waals surface area contributed by atoms with Gasteiger partial charge in [0.2, 0.25) is 6.41 Å². The highest BCUT2D eigenvalue weighted by atomic mass is 32.2. The molecule has 0 aliphatic carbocycles. The third-order valence-electron chi connectivity index (χ3n) is 5.83. The number of carbonyl (C=O) groups is 2. The van der Waals surface area contributed by atoms with Crippen LogP contribution >= 0.6 is 11.9 Å². The van der Waals surface area contributed by atoms with Gasteiger partial charge in [-0.25, -0.2) is 4.79 Å². The maximum atomic E-state index is 10.5. The number of aromatic hydroxyl groups is 1. The Morgan fingerprint density at radius 2 is 1.86 bits per heavy atom.